The maximum atomic E-state index is 13.0. The summed E-state index contributed by atoms with van der Waals surface area (Å²) in [7, 11) is 1.52. The first-order valence-corrected chi connectivity index (χ1v) is 6.71. The number of aryl methyl sites for hydroxylation is 1. The molecule has 2 atom stereocenters. The van der Waals surface area contributed by atoms with Crippen molar-refractivity contribution in [3.8, 4) is 0 Å². The minimum atomic E-state index is -0.385. The van der Waals surface area contributed by atoms with E-state index in [1.165, 1.54) is 19.2 Å². The van der Waals surface area contributed by atoms with Gasteiger partial charge in [-0.2, -0.15) is 0 Å². The first-order valence-electron chi connectivity index (χ1n) is 6.71. The van der Waals surface area contributed by atoms with E-state index in [0.29, 0.717) is 12.8 Å². The molecule has 0 saturated carbocycles. The number of amides is 1. The molecular weight excluding hydrogens is 261 g/mol. The molecule has 0 fully saturated rings. The first-order chi connectivity index (χ1) is 9.56. The Labute approximate surface area is 119 Å². The number of carbonyl (C=O) groups is 1. The predicted molar refractivity (Wildman–Crippen MR) is 74.8 cm³/mol. The molecule has 0 aliphatic carbocycles. The Hall–Kier alpha value is -1.46. The summed E-state index contributed by atoms with van der Waals surface area (Å²) in [5, 5.41) is 11.8. The summed E-state index contributed by atoms with van der Waals surface area (Å²) in [6.07, 6.45) is 1.26. The highest BCUT2D eigenvalue weighted by atomic mass is 19.1. The molecule has 0 spiro atoms. The number of methoxy groups -OCH3 is 1. The zero-order valence-electron chi connectivity index (χ0n) is 11.9. The lowest BCUT2D eigenvalue weighted by Gasteiger charge is -2.18. The zero-order chi connectivity index (χ0) is 15.0. The lowest BCUT2D eigenvalue weighted by Crippen LogP contribution is -2.43. The van der Waals surface area contributed by atoms with Gasteiger partial charge >= 0.3 is 0 Å². The lowest BCUT2D eigenvalue weighted by molar-refractivity contribution is -0.126. The summed E-state index contributed by atoms with van der Waals surface area (Å²) in [5.74, 6) is -0.596. The van der Waals surface area contributed by atoms with Crippen LogP contribution in [0.1, 0.15) is 18.9 Å². The number of hydrogen-bond donors (Lipinski definition) is 2. The van der Waals surface area contributed by atoms with Crippen LogP contribution in [0.25, 0.3) is 0 Å². The third-order valence-electron chi connectivity index (χ3n) is 3.14. The molecule has 0 heterocycles. The van der Waals surface area contributed by atoms with Gasteiger partial charge in [0, 0.05) is 13.0 Å². The number of benzene rings is 1. The molecule has 2 unspecified atom stereocenters. The third-order valence-corrected chi connectivity index (χ3v) is 3.14. The summed E-state index contributed by atoms with van der Waals surface area (Å²) < 4.78 is 17.9. The number of nitrogens with one attached hydrogen (secondary N) is 1. The van der Waals surface area contributed by atoms with E-state index in [0.717, 1.165) is 5.56 Å². The molecule has 1 amide bonds. The van der Waals surface area contributed by atoms with Gasteiger partial charge in [0.1, 0.15) is 5.82 Å². The highest BCUT2D eigenvalue weighted by Crippen LogP contribution is 2.11. The summed E-state index contributed by atoms with van der Waals surface area (Å²) >= 11 is 0. The minimum absolute atomic E-state index is 0.127. The number of aliphatic hydroxyl groups is 1. The van der Waals surface area contributed by atoms with Gasteiger partial charge in [0.15, 0.2) is 0 Å². The normalized spacial score (nSPS) is 13.8. The molecule has 20 heavy (non-hydrogen) atoms. The zero-order valence-corrected chi connectivity index (χ0v) is 11.9. The molecule has 0 aromatic heterocycles. The van der Waals surface area contributed by atoms with Crippen molar-refractivity contribution in [2.75, 3.05) is 20.3 Å². The smallest absolute Gasteiger partial charge is 0.223 e. The second-order valence-electron chi connectivity index (χ2n) is 4.91. The van der Waals surface area contributed by atoms with E-state index in [-0.39, 0.29) is 36.9 Å². The van der Waals surface area contributed by atoms with E-state index in [1.807, 2.05) is 13.0 Å². The average Bonchev–Trinajstić information content (AvgIpc) is 2.44. The number of carbonyl (C=O) groups excluding carboxylic acids is 1. The van der Waals surface area contributed by atoms with E-state index in [4.69, 9.17) is 9.84 Å². The standard InChI is InChI=1S/C15H22FNO3/c1-11(15(19)17-14(9-18)10-20-2)6-7-12-4-3-5-13(16)8-12/h3-5,8,11,14,18H,6-7,9-10H2,1-2H3,(H,17,19). The molecule has 1 aromatic rings. The molecule has 0 radical (unpaired) electrons. The van der Waals surface area contributed by atoms with Gasteiger partial charge in [-0.3, -0.25) is 4.79 Å². The van der Waals surface area contributed by atoms with Crippen molar-refractivity contribution in [3.63, 3.8) is 0 Å². The highest BCUT2D eigenvalue weighted by Gasteiger charge is 2.17. The number of halogens is 1. The van der Waals surface area contributed by atoms with Crippen LogP contribution in [0.3, 0.4) is 0 Å². The first kappa shape index (κ1) is 16.6. The van der Waals surface area contributed by atoms with Gasteiger partial charge in [-0.25, -0.2) is 4.39 Å². The van der Waals surface area contributed by atoms with Crippen molar-refractivity contribution in [2.24, 2.45) is 5.92 Å². The summed E-state index contributed by atoms with van der Waals surface area (Å²) in [6, 6.07) is 6.00. The Balaban J connectivity index is 2.41. The Bertz CT molecular complexity index is 425. The second kappa shape index (κ2) is 8.66. The molecule has 112 valence electrons. The number of ether oxygens (including phenoxy) is 1. The minimum Gasteiger partial charge on any atom is -0.394 e. The average molecular weight is 283 g/mol. The van der Waals surface area contributed by atoms with E-state index in [2.05, 4.69) is 5.32 Å². The van der Waals surface area contributed by atoms with Crippen LogP contribution in [0.4, 0.5) is 4.39 Å². The van der Waals surface area contributed by atoms with Crippen molar-refractivity contribution in [1.29, 1.82) is 0 Å². The van der Waals surface area contributed by atoms with Crippen molar-refractivity contribution >= 4 is 5.91 Å². The van der Waals surface area contributed by atoms with Gasteiger partial charge in [0.25, 0.3) is 0 Å². The predicted octanol–water partition coefficient (Wildman–Crippen LogP) is 1.52. The number of aliphatic hydroxyl groups excluding tert-OH is 1. The van der Waals surface area contributed by atoms with Crippen molar-refractivity contribution < 1.29 is 19.0 Å². The number of rotatable bonds is 8. The van der Waals surface area contributed by atoms with E-state index < -0.39 is 0 Å². The van der Waals surface area contributed by atoms with Crippen LogP contribution in [0.5, 0.6) is 0 Å². The van der Waals surface area contributed by atoms with Crippen LogP contribution in [0, 0.1) is 11.7 Å². The Morgan fingerprint density at radius 3 is 2.85 bits per heavy atom. The van der Waals surface area contributed by atoms with Gasteiger partial charge in [-0.05, 0) is 30.5 Å². The van der Waals surface area contributed by atoms with Gasteiger partial charge < -0.3 is 15.2 Å². The fourth-order valence-corrected chi connectivity index (χ4v) is 1.89. The van der Waals surface area contributed by atoms with Crippen LogP contribution in [-0.4, -0.2) is 37.4 Å². The monoisotopic (exact) mass is 283 g/mol. The quantitative estimate of drug-likeness (QED) is 0.760. The molecule has 4 nitrogen and oxygen atoms in total. The molecule has 5 heteroatoms. The largest absolute Gasteiger partial charge is 0.394 e. The summed E-state index contributed by atoms with van der Waals surface area (Å²) in [4.78, 5) is 11.9. The van der Waals surface area contributed by atoms with Crippen LogP contribution in [0.15, 0.2) is 24.3 Å². The molecule has 1 aromatic carbocycles. The molecule has 1 rings (SSSR count). The van der Waals surface area contributed by atoms with Crippen LogP contribution in [0.2, 0.25) is 0 Å². The highest BCUT2D eigenvalue weighted by molar-refractivity contribution is 5.78. The van der Waals surface area contributed by atoms with Crippen molar-refractivity contribution in [2.45, 2.75) is 25.8 Å². The van der Waals surface area contributed by atoms with Crippen molar-refractivity contribution in [1.82, 2.24) is 5.32 Å². The van der Waals surface area contributed by atoms with Gasteiger partial charge in [0.2, 0.25) is 5.91 Å². The van der Waals surface area contributed by atoms with Gasteiger partial charge in [-0.1, -0.05) is 19.1 Å². The summed E-state index contributed by atoms with van der Waals surface area (Å²) in [6.45, 7) is 1.94. The van der Waals surface area contributed by atoms with Crippen LogP contribution < -0.4 is 5.32 Å². The molecule has 0 bridgehead atoms. The van der Waals surface area contributed by atoms with Gasteiger partial charge in [0.05, 0.1) is 19.3 Å². The fourth-order valence-electron chi connectivity index (χ4n) is 1.89. The molecule has 2 N–H and O–H groups in total. The molecule has 0 aliphatic rings. The van der Waals surface area contributed by atoms with Crippen molar-refractivity contribution in [3.05, 3.63) is 35.6 Å². The van der Waals surface area contributed by atoms with Crippen LogP contribution in [-0.2, 0) is 16.0 Å². The van der Waals surface area contributed by atoms with E-state index >= 15 is 0 Å². The molecule has 0 aliphatic heterocycles. The van der Waals surface area contributed by atoms with E-state index in [1.54, 1.807) is 6.07 Å². The fraction of sp³-hybridized carbons (Fsp3) is 0.533. The lowest BCUT2D eigenvalue weighted by atomic mass is 10.00. The second-order valence-corrected chi connectivity index (χ2v) is 4.91. The SMILES string of the molecule is COCC(CO)NC(=O)C(C)CCc1cccc(F)c1. The van der Waals surface area contributed by atoms with E-state index in [9.17, 15) is 9.18 Å². The summed E-state index contributed by atoms with van der Waals surface area (Å²) in [5.41, 5.74) is 0.875. The number of hydrogen-bond acceptors (Lipinski definition) is 3. The maximum absolute atomic E-state index is 13.0. The Morgan fingerprint density at radius 2 is 2.25 bits per heavy atom. The molecule has 0 saturated heterocycles. The Morgan fingerprint density at radius 1 is 1.50 bits per heavy atom. The Kier molecular flexibility index (Phi) is 7.18. The van der Waals surface area contributed by atoms with Crippen LogP contribution >= 0.6 is 0 Å². The molecular formula is C15H22FNO3. The third kappa shape index (κ3) is 5.67. The maximum Gasteiger partial charge on any atom is 0.223 e. The topological polar surface area (TPSA) is 58.6 Å². The van der Waals surface area contributed by atoms with Gasteiger partial charge in [-0.15, -0.1) is 0 Å².